The van der Waals surface area contributed by atoms with Gasteiger partial charge >= 0.3 is 0 Å². The fraction of sp³-hybridized carbons (Fsp3) is 0.500. The number of hydrogen-bond acceptors (Lipinski definition) is 4. The predicted molar refractivity (Wildman–Crippen MR) is 72.7 cm³/mol. The summed E-state index contributed by atoms with van der Waals surface area (Å²) in [5, 5.41) is 6.19. The first-order chi connectivity index (χ1) is 8.74. The van der Waals surface area contributed by atoms with E-state index in [0.29, 0.717) is 6.04 Å². The molecule has 1 atom stereocenters. The van der Waals surface area contributed by atoms with Crippen molar-refractivity contribution in [2.75, 3.05) is 6.54 Å². The summed E-state index contributed by atoms with van der Waals surface area (Å²) in [5.41, 5.74) is 2.38. The van der Waals surface area contributed by atoms with Gasteiger partial charge in [-0.2, -0.15) is 0 Å². The number of rotatable bonds is 3. The van der Waals surface area contributed by atoms with Crippen LogP contribution < -0.4 is 0 Å². The molecule has 0 bridgehead atoms. The van der Waals surface area contributed by atoms with E-state index in [-0.39, 0.29) is 0 Å². The zero-order chi connectivity index (χ0) is 12.5. The highest BCUT2D eigenvalue weighted by molar-refractivity contribution is 7.10. The third kappa shape index (κ3) is 2.22. The molecule has 0 N–H and O–H groups in total. The summed E-state index contributed by atoms with van der Waals surface area (Å²) in [6, 6.07) is 4.68. The summed E-state index contributed by atoms with van der Waals surface area (Å²) in [4.78, 5) is 3.98. The Kier molecular flexibility index (Phi) is 3.22. The Balaban J connectivity index is 1.77. The third-order valence-corrected chi connectivity index (χ3v) is 4.66. The van der Waals surface area contributed by atoms with Gasteiger partial charge in [-0.05, 0) is 50.2 Å². The SMILES string of the molecule is Cc1cc([C@@H]2CCCN2Cc2sccc2C)on1. The Morgan fingerprint density at radius 1 is 1.50 bits per heavy atom. The maximum Gasteiger partial charge on any atom is 0.154 e. The molecule has 0 amide bonds. The van der Waals surface area contributed by atoms with Crippen LogP contribution in [0.25, 0.3) is 0 Å². The minimum atomic E-state index is 0.410. The first-order valence-corrected chi connectivity index (χ1v) is 7.32. The summed E-state index contributed by atoms with van der Waals surface area (Å²) >= 11 is 1.85. The molecule has 4 heteroatoms. The summed E-state index contributed by atoms with van der Waals surface area (Å²) in [6.45, 7) is 6.36. The van der Waals surface area contributed by atoms with Gasteiger partial charge in [0.1, 0.15) is 0 Å². The summed E-state index contributed by atoms with van der Waals surface area (Å²) in [7, 11) is 0. The number of aryl methyl sites for hydroxylation is 2. The van der Waals surface area contributed by atoms with E-state index in [1.54, 1.807) is 0 Å². The number of thiophene rings is 1. The molecule has 1 fully saturated rings. The lowest BCUT2D eigenvalue weighted by atomic mass is 10.1. The first kappa shape index (κ1) is 11.9. The van der Waals surface area contributed by atoms with E-state index in [2.05, 4.69) is 34.5 Å². The van der Waals surface area contributed by atoms with Crippen LogP contribution in [0.3, 0.4) is 0 Å². The average molecular weight is 262 g/mol. The zero-order valence-corrected chi connectivity index (χ0v) is 11.7. The molecule has 96 valence electrons. The van der Waals surface area contributed by atoms with Gasteiger partial charge in [0.05, 0.1) is 11.7 Å². The normalized spacial score (nSPS) is 20.7. The summed E-state index contributed by atoms with van der Waals surface area (Å²) in [5.74, 6) is 1.03. The van der Waals surface area contributed by atoms with Crippen molar-refractivity contribution in [3.05, 3.63) is 39.4 Å². The van der Waals surface area contributed by atoms with Crippen LogP contribution in [0.5, 0.6) is 0 Å². The largest absolute Gasteiger partial charge is 0.359 e. The second kappa shape index (κ2) is 4.86. The Morgan fingerprint density at radius 2 is 2.39 bits per heavy atom. The standard InChI is InChI=1S/C14H18N2OS/c1-10-5-7-18-14(10)9-16-6-3-4-12(16)13-8-11(2)15-17-13/h5,7-8,12H,3-4,6,9H2,1-2H3/t12-/m0/s1. The van der Waals surface area contributed by atoms with Gasteiger partial charge in [0.15, 0.2) is 5.76 Å². The van der Waals surface area contributed by atoms with Crippen molar-refractivity contribution in [3.8, 4) is 0 Å². The second-order valence-electron chi connectivity index (χ2n) is 5.03. The third-order valence-electron chi connectivity index (χ3n) is 3.65. The van der Waals surface area contributed by atoms with Crippen LogP contribution in [0.2, 0.25) is 0 Å². The van der Waals surface area contributed by atoms with Crippen LogP contribution in [0.15, 0.2) is 22.0 Å². The molecule has 1 saturated heterocycles. The van der Waals surface area contributed by atoms with E-state index in [1.165, 1.54) is 23.3 Å². The van der Waals surface area contributed by atoms with E-state index < -0.39 is 0 Å². The van der Waals surface area contributed by atoms with Crippen molar-refractivity contribution in [1.29, 1.82) is 0 Å². The monoisotopic (exact) mass is 262 g/mol. The highest BCUT2D eigenvalue weighted by Gasteiger charge is 2.29. The lowest BCUT2D eigenvalue weighted by molar-refractivity contribution is 0.208. The van der Waals surface area contributed by atoms with Gasteiger partial charge < -0.3 is 4.52 Å². The molecule has 2 aromatic heterocycles. The molecule has 0 aromatic carbocycles. The molecule has 0 spiro atoms. The molecule has 3 heterocycles. The number of aromatic nitrogens is 1. The second-order valence-corrected chi connectivity index (χ2v) is 6.03. The van der Waals surface area contributed by atoms with Gasteiger partial charge in [-0.15, -0.1) is 11.3 Å². The predicted octanol–water partition coefficient (Wildman–Crippen LogP) is 3.69. The smallest absolute Gasteiger partial charge is 0.154 e. The van der Waals surface area contributed by atoms with Crippen LogP contribution in [0.4, 0.5) is 0 Å². The van der Waals surface area contributed by atoms with E-state index >= 15 is 0 Å². The Morgan fingerprint density at radius 3 is 3.06 bits per heavy atom. The zero-order valence-electron chi connectivity index (χ0n) is 10.8. The van der Waals surface area contributed by atoms with Gasteiger partial charge in [0.25, 0.3) is 0 Å². The Bertz CT molecular complexity index is 531. The lowest BCUT2D eigenvalue weighted by Gasteiger charge is -2.21. The van der Waals surface area contributed by atoms with Crippen molar-refractivity contribution in [1.82, 2.24) is 10.1 Å². The maximum absolute atomic E-state index is 5.44. The molecule has 3 rings (SSSR count). The van der Waals surface area contributed by atoms with E-state index in [1.807, 2.05) is 18.3 Å². The molecule has 18 heavy (non-hydrogen) atoms. The number of hydrogen-bond donors (Lipinski definition) is 0. The van der Waals surface area contributed by atoms with Gasteiger partial charge in [0.2, 0.25) is 0 Å². The van der Waals surface area contributed by atoms with Crippen LogP contribution >= 0.6 is 11.3 Å². The number of likely N-dealkylation sites (tertiary alicyclic amines) is 1. The quantitative estimate of drug-likeness (QED) is 0.844. The van der Waals surface area contributed by atoms with Crippen LogP contribution in [0.1, 0.15) is 40.8 Å². The molecule has 0 radical (unpaired) electrons. The van der Waals surface area contributed by atoms with Gasteiger partial charge in [-0.25, -0.2) is 0 Å². The van der Waals surface area contributed by atoms with Crippen molar-refractivity contribution in [2.45, 2.75) is 39.3 Å². The molecule has 0 aliphatic carbocycles. The molecule has 0 saturated carbocycles. The highest BCUT2D eigenvalue weighted by Crippen LogP contribution is 2.34. The van der Waals surface area contributed by atoms with Gasteiger partial charge in [0, 0.05) is 17.5 Å². The molecule has 0 unspecified atom stereocenters. The minimum absolute atomic E-state index is 0.410. The fourth-order valence-electron chi connectivity index (χ4n) is 2.63. The molecule has 2 aromatic rings. The fourth-order valence-corrected chi connectivity index (χ4v) is 3.56. The van der Waals surface area contributed by atoms with Crippen molar-refractivity contribution >= 4 is 11.3 Å². The molecule has 1 aliphatic rings. The highest BCUT2D eigenvalue weighted by atomic mass is 32.1. The van der Waals surface area contributed by atoms with Crippen LogP contribution in [-0.2, 0) is 6.54 Å². The van der Waals surface area contributed by atoms with Crippen LogP contribution in [0, 0.1) is 13.8 Å². The van der Waals surface area contributed by atoms with Crippen LogP contribution in [-0.4, -0.2) is 16.6 Å². The van der Waals surface area contributed by atoms with Gasteiger partial charge in [-0.3, -0.25) is 4.90 Å². The average Bonchev–Trinajstić information content (AvgIpc) is 3.03. The topological polar surface area (TPSA) is 29.3 Å². The summed E-state index contributed by atoms with van der Waals surface area (Å²) in [6.07, 6.45) is 2.42. The number of nitrogens with zero attached hydrogens (tertiary/aromatic N) is 2. The van der Waals surface area contributed by atoms with E-state index in [9.17, 15) is 0 Å². The van der Waals surface area contributed by atoms with Crippen molar-refractivity contribution in [3.63, 3.8) is 0 Å². The molecular formula is C14H18N2OS. The van der Waals surface area contributed by atoms with Gasteiger partial charge in [-0.1, -0.05) is 5.16 Å². The first-order valence-electron chi connectivity index (χ1n) is 6.44. The van der Waals surface area contributed by atoms with Crippen molar-refractivity contribution < 1.29 is 4.52 Å². The maximum atomic E-state index is 5.44. The Hall–Kier alpha value is -1.13. The lowest BCUT2D eigenvalue weighted by Crippen LogP contribution is -2.22. The van der Waals surface area contributed by atoms with Crippen molar-refractivity contribution in [2.24, 2.45) is 0 Å². The molecule has 1 aliphatic heterocycles. The Labute approximate surface area is 111 Å². The van der Waals surface area contributed by atoms with E-state index in [4.69, 9.17) is 4.52 Å². The molecular weight excluding hydrogens is 244 g/mol. The van der Waals surface area contributed by atoms with E-state index in [0.717, 1.165) is 24.5 Å². The minimum Gasteiger partial charge on any atom is -0.359 e. The summed E-state index contributed by atoms with van der Waals surface area (Å²) < 4.78 is 5.44. The molecule has 3 nitrogen and oxygen atoms in total.